The number of ether oxygens (including phenoxy) is 1. The molecule has 23 heavy (non-hydrogen) atoms. The van der Waals surface area contributed by atoms with Crippen molar-refractivity contribution in [1.29, 1.82) is 0 Å². The van der Waals surface area contributed by atoms with Crippen molar-refractivity contribution in [2.24, 2.45) is 5.92 Å². The van der Waals surface area contributed by atoms with E-state index in [2.05, 4.69) is 11.3 Å². The Labute approximate surface area is 135 Å². The van der Waals surface area contributed by atoms with Crippen LogP contribution in [0.2, 0.25) is 0 Å². The first-order chi connectivity index (χ1) is 11.1. The van der Waals surface area contributed by atoms with E-state index in [0.717, 1.165) is 0 Å². The molecule has 0 spiro atoms. The summed E-state index contributed by atoms with van der Waals surface area (Å²) in [5, 5.41) is 21.0. The molecule has 0 amide bonds. The summed E-state index contributed by atoms with van der Waals surface area (Å²) in [6, 6.07) is 15.6. The van der Waals surface area contributed by atoms with Gasteiger partial charge in [-0.2, -0.15) is 0 Å². The zero-order valence-electron chi connectivity index (χ0n) is 12.9. The lowest BCUT2D eigenvalue weighted by molar-refractivity contribution is 0.0352. The van der Waals surface area contributed by atoms with Crippen LogP contribution in [-0.2, 0) is 4.74 Å². The summed E-state index contributed by atoms with van der Waals surface area (Å²) in [5.74, 6) is -1.00. The molecule has 2 N–H and O–H groups in total. The van der Waals surface area contributed by atoms with Gasteiger partial charge in [0.25, 0.3) is 0 Å². The molecule has 0 bridgehead atoms. The van der Waals surface area contributed by atoms with Gasteiger partial charge in [0.1, 0.15) is 0 Å². The van der Waals surface area contributed by atoms with Crippen molar-refractivity contribution in [3.8, 4) is 0 Å². The first-order valence-corrected chi connectivity index (χ1v) is 7.30. The van der Waals surface area contributed by atoms with E-state index in [1.165, 1.54) is 13.2 Å². The molecule has 3 atom stereocenters. The molecule has 0 saturated carbocycles. The van der Waals surface area contributed by atoms with Gasteiger partial charge in [-0.25, -0.2) is 4.79 Å². The maximum atomic E-state index is 11.4. The quantitative estimate of drug-likeness (QED) is 0.635. The topological polar surface area (TPSA) is 66.8 Å². The average molecular weight is 312 g/mol. The summed E-state index contributed by atoms with van der Waals surface area (Å²) >= 11 is 0. The van der Waals surface area contributed by atoms with Gasteiger partial charge in [-0.1, -0.05) is 48.5 Å². The number of hydrogen-bond donors (Lipinski definition) is 2. The van der Waals surface area contributed by atoms with E-state index in [9.17, 15) is 15.0 Å². The standard InChI is InChI=1S/C19H20O4/c1-3-16(17(20)13-7-5-4-6-8-13)18(21)14-9-11-15(12-10-14)19(22)23-2/h3-12,16-18,20-21H,1H2,2H3/t16-,17-,18-/m1/s1. The third kappa shape index (κ3) is 3.86. The van der Waals surface area contributed by atoms with Gasteiger partial charge in [-0.05, 0) is 23.3 Å². The minimum Gasteiger partial charge on any atom is -0.465 e. The van der Waals surface area contributed by atoms with Crippen LogP contribution >= 0.6 is 0 Å². The van der Waals surface area contributed by atoms with E-state index in [4.69, 9.17) is 0 Å². The van der Waals surface area contributed by atoms with Crippen LogP contribution in [0.25, 0.3) is 0 Å². The van der Waals surface area contributed by atoms with Crippen molar-refractivity contribution in [3.05, 3.63) is 83.9 Å². The molecule has 2 aromatic rings. The van der Waals surface area contributed by atoms with E-state index in [1.807, 2.05) is 18.2 Å². The Morgan fingerprint density at radius 3 is 2.00 bits per heavy atom. The fourth-order valence-corrected chi connectivity index (χ4v) is 2.46. The number of carbonyl (C=O) groups is 1. The molecule has 2 aromatic carbocycles. The molecule has 0 radical (unpaired) electrons. The first-order valence-electron chi connectivity index (χ1n) is 7.30. The maximum absolute atomic E-state index is 11.4. The highest BCUT2D eigenvalue weighted by molar-refractivity contribution is 5.89. The van der Waals surface area contributed by atoms with Crippen molar-refractivity contribution in [2.75, 3.05) is 7.11 Å². The summed E-state index contributed by atoms with van der Waals surface area (Å²) in [6.07, 6.45) is -0.269. The molecule has 4 nitrogen and oxygen atoms in total. The Balaban J connectivity index is 2.21. The molecule has 0 saturated heterocycles. The molecule has 0 heterocycles. The molecule has 4 heteroatoms. The number of aliphatic hydroxyl groups excluding tert-OH is 2. The molecule has 0 fully saturated rings. The molecule has 120 valence electrons. The molecular formula is C19H20O4. The highest BCUT2D eigenvalue weighted by Crippen LogP contribution is 2.33. The third-order valence-corrected chi connectivity index (χ3v) is 3.82. The fraction of sp³-hybridized carbons (Fsp3) is 0.211. The highest BCUT2D eigenvalue weighted by atomic mass is 16.5. The molecule has 0 aliphatic rings. The third-order valence-electron chi connectivity index (χ3n) is 3.82. The summed E-state index contributed by atoms with van der Waals surface area (Å²) in [5.41, 5.74) is 1.71. The van der Waals surface area contributed by atoms with Crippen molar-refractivity contribution < 1.29 is 19.7 Å². The lowest BCUT2D eigenvalue weighted by Gasteiger charge is -2.25. The number of carbonyl (C=O) groups excluding carboxylic acids is 1. The van der Waals surface area contributed by atoms with Crippen LogP contribution in [0.15, 0.2) is 67.3 Å². The van der Waals surface area contributed by atoms with E-state index in [0.29, 0.717) is 16.7 Å². The van der Waals surface area contributed by atoms with E-state index in [-0.39, 0.29) is 0 Å². The number of aliphatic hydroxyl groups is 2. The Morgan fingerprint density at radius 2 is 1.52 bits per heavy atom. The van der Waals surface area contributed by atoms with Crippen LogP contribution in [-0.4, -0.2) is 23.3 Å². The van der Waals surface area contributed by atoms with Gasteiger partial charge in [0.15, 0.2) is 0 Å². The van der Waals surface area contributed by atoms with Crippen LogP contribution in [0.5, 0.6) is 0 Å². The fourth-order valence-electron chi connectivity index (χ4n) is 2.46. The average Bonchev–Trinajstić information content (AvgIpc) is 2.62. The van der Waals surface area contributed by atoms with E-state index >= 15 is 0 Å². The minimum atomic E-state index is -0.936. The number of esters is 1. The summed E-state index contributed by atoms with van der Waals surface area (Å²) in [4.78, 5) is 11.4. The predicted molar refractivity (Wildman–Crippen MR) is 87.8 cm³/mol. The second-order valence-electron chi connectivity index (χ2n) is 5.23. The van der Waals surface area contributed by atoms with Crippen LogP contribution < -0.4 is 0 Å². The monoisotopic (exact) mass is 312 g/mol. The summed E-state index contributed by atoms with van der Waals surface area (Å²) in [6.45, 7) is 3.72. The Bertz CT molecular complexity index is 649. The molecule has 0 aromatic heterocycles. The maximum Gasteiger partial charge on any atom is 0.337 e. The lowest BCUT2D eigenvalue weighted by Crippen LogP contribution is -2.19. The number of methoxy groups -OCH3 is 1. The second kappa shape index (κ2) is 7.72. The van der Waals surface area contributed by atoms with Gasteiger partial charge in [0, 0.05) is 5.92 Å². The van der Waals surface area contributed by atoms with Crippen LogP contribution in [0, 0.1) is 5.92 Å². The van der Waals surface area contributed by atoms with Crippen LogP contribution in [0.1, 0.15) is 33.7 Å². The van der Waals surface area contributed by atoms with Crippen molar-refractivity contribution in [3.63, 3.8) is 0 Å². The number of rotatable bonds is 6. The molecule has 0 aliphatic heterocycles. The molecule has 2 rings (SSSR count). The SMILES string of the molecule is C=C[C@H]([C@H](O)c1ccccc1)[C@H](O)c1ccc(C(=O)OC)cc1. The molecular weight excluding hydrogens is 292 g/mol. The highest BCUT2D eigenvalue weighted by Gasteiger charge is 2.26. The smallest absolute Gasteiger partial charge is 0.337 e. The van der Waals surface area contributed by atoms with Crippen molar-refractivity contribution in [1.82, 2.24) is 0 Å². The Morgan fingerprint density at radius 1 is 1.00 bits per heavy atom. The minimum absolute atomic E-state index is 0.405. The van der Waals surface area contributed by atoms with Crippen molar-refractivity contribution >= 4 is 5.97 Å². The predicted octanol–water partition coefficient (Wildman–Crippen LogP) is 3.04. The van der Waals surface area contributed by atoms with Gasteiger partial charge >= 0.3 is 5.97 Å². The first kappa shape index (κ1) is 16.9. The normalized spacial score (nSPS) is 14.6. The molecule has 0 aliphatic carbocycles. The molecule has 0 unspecified atom stereocenters. The zero-order valence-corrected chi connectivity index (χ0v) is 12.9. The zero-order chi connectivity index (χ0) is 16.8. The Hall–Kier alpha value is -2.43. The van der Waals surface area contributed by atoms with Gasteiger partial charge in [-0.3, -0.25) is 0 Å². The van der Waals surface area contributed by atoms with Gasteiger partial charge in [0.05, 0.1) is 24.9 Å². The van der Waals surface area contributed by atoms with Crippen LogP contribution in [0.3, 0.4) is 0 Å². The van der Waals surface area contributed by atoms with E-state index in [1.54, 1.807) is 36.4 Å². The van der Waals surface area contributed by atoms with Gasteiger partial charge in [-0.15, -0.1) is 6.58 Å². The number of hydrogen-bond acceptors (Lipinski definition) is 4. The number of benzene rings is 2. The van der Waals surface area contributed by atoms with Gasteiger partial charge in [0.2, 0.25) is 0 Å². The summed E-state index contributed by atoms with van der Waals surface area (Å²) in [7, 11) is 1.31. The van der Waals surface area contributed by atoms with Gasteiger partial charge < -0.3 is 14.9 Å². The van der Waals surface area contributed by atoms with Crippen molar-refractivity contribution in [2.45, 2.75) is 12.2 Å². The largest absolute Gasteiger partial charge is 0.465 e. The van der Waals surface area contributed by atoms with E-state index < -0.39 is 24.1 Å². The lowest BCUT2D eigenvalue weighted by atomic mass is 9.87. The second-order valence-corrected chi connectivity index (χ2v) is 5.23. The Kier molecular flexibility index (Phi) is 5.68. The van der Waals surface area contributed by atoms with Crippen LogP contribution in [0.4, 0.5) is 0 Å². The summed E-state index contributed by atoms with van der Waals surface area (Å²) < 4.78 is 4.64.